The monoisotopic (exact) mass is 356 g/mol. The number of rotatable bonds is 2. The second kappa shape index (κ2) is 6.82. The third-order valence-corrected chi connectivity index (χ3v) is 6.31. The highest BCUT2D eigenvalue weighted by molar-refractivity contribution is 5.96. The summed E-state index contributed by atoms with van der Waals surface area (Å²) >= 11 is 0. The lowest BCUT2D eigenvalue weighted by Crippen LogP contribution is -2.35. The van der Waals surface area contributed by atoms with Gasteiger partial charge in [-0.05, 0) is 66.8 Å². The molecule has 136 valence electrons. The molecule has 27 heavy (non-hydrogen) atoms. The van der Waals surface area contributed by atoms with Crippen LogP contribution in [0, 0.1) is 27.3 Å². The maximum absolute atomic E-state index is 8.61. The molecule has 1 aliphatic carbocycles. The minimum absolute atomic E-state index is 0.507. The molecule has 2 aromatic carbocycles. The van der Waals surface area contributed by atoms with Crippen LogP contribution in [-0.2, 0) is 7.05 Å². The van der Waals surface area contributed by atoms with Crippen LogP contribution in [0.3, 0.4) is 0 Å². The molecule has 1 aliphatic rings. The van der Waals surface area contributed by atoms with Gasteiger partial charge in [-0.25, -0.2) is 4.85 Å². The maximum Gasteiger partial charge on any atom is 0.220 e. The summed E-state index contributed by atoms with van der Waals surface area (Å²) in [6, 6.07) is 11.0. The highest BCUT2D eigenvalue weighted by Gasteiger charge is 2.24. The zero-order valence-corrected chi connectivity index (χ0v) is 16.7. The Morgan fingerprint density at radius 3 is 2.56 bits per heavy atom. The SMILES string of the molecule is [2H]c1c(C)[n+](C)c(-c2cc(C3CCCC3)cc(C)c2C)c2ccc([N+]#[C-])cc12. The first-order chi connectivity index (χ1) is 13.4. The largest absolute Gasteiger partial charge is 0.238 e. The molecule has 0 radical (unpaired) electrons. The summed E-state index contributed by atoms with van der Waals surface area (Å²) in [6.07, 6.45) is 5.23. The molecule has 0 saturated heterocycles. The van der Waals surface area contributed by atoms with Crippen LogP contribution >= 0.6 is 0 Å². The minimum atomic E-state index is 0.507. The second-order valence-electron chi connectivity index (χ2n) is 7.95. The number of aromatic nitrogens is 1. The topological polar surface area (TPSA) is 8.24 Å². The van der Waals surface area contributed by atoms with Crippen molar-refractivity contribution >= 4 is 16.5 Å². The molecule has 0 amide bonds. The molecule has 2 heteroatoms. The van der Waals surface area contributed by atoms with Gasteiger partial charge >= 0.3 is 0 Å². The van der Waals surface area contributed by atoms with E-state index in [2.05, 4.69) is 42.4 Å². The van der Waals surface area contributed by atoms with Gasteiger partial charge in [-0.2, -0.15) is 4.57 Å². The van der Waals surface area contributed by atoms with E-state index in [0.717, 1.165) is 22.2 Å². The Balaban J connectivity index is 2.05. The van der Waals surface area contributed by atoms with E-state index in [1.54, 1.807) is 0 Å². The van der Waals surface area contributed by atoms with Gasteiger partial charge in [-0.1, -0.05) is 31.0 Å². The molecule has 0 spiro atoms. The summed E-state index contributed by atoms with van der Waals surface area (Å²) < 4.78 is 10.8. The van der Waals surface area contributed by atoms with Crippen LogP contribution in [-0.4, -0.2) is 0 Å². The summed E-state index contributed by atoms with van der Waals surface area (Å²) in [5, 5.41) is 1.92. The zero-order valence-electron chi connectivity index (χ0n) is 17.7. The molecule has 4 rings (SSSR count). The first kappa shape index (κ1) is 16.5. The lowest BCUT2D eigenvalue weighted by molar-refractivity contribution is -0.665. The molecular weight excluding hydrogens is 328 g/mol. The number of hydrogen-bond acceptors (Lipinski definition) is 0. The van der Waals surface area contributed by atoms with Crippen molar-refractivity contribution in [2.24, 2.45) is 7.05 Å². The lowest BCUT2D eigenvalue weighted by atomic mass is 9.88. The molecule has 0 unspecified atom stereocenters. The Hall–Kier alpha value is -2.66. The van der Waals surface area contributed by atoms with E-state index in [-0.39, 0.29) is 0 Å². The van der Waals surface area contributed by atoms with Crippen molar-refractivity contribution in [2.75, 3.05) is 0 Å². The number of pyridine rings is 1. The van der Waals surface area contributed by atoms with Gasteiger partial charge in [0.1, 0.15) is 7.05 Å². The Morgan fingerprint density at radius 2 is 1.85 bits per heavy atom. The van der Waals surface area contributed by atoms with E-state index >= 15 is 0 Å². The van der Waals surface area contributed by atoms with Crippen molar-refractivity contribution in [3.05, 3.63) is 70.2 Å². The van der Waals surface area contributed by atoms with E-state index in [4.69, 9.17) is 7.94 Å². The fourth-order valence-electron chi connectivity index (χ4n) is 4.49. The van der Waals surface area contributed by atoms with Gasteiger partial charge in [0.2, 0.25) is 5.69 Å². The average Bonchev–Trinajstić information content (AvgIpc) is 3.24. The summed E-state index contributed by atoms with van der Waals surface area (Å²) in [6.45, 7) is 13.8. The van der Waals surface area contributed by atoms with Gasteiger partial charge in [0.05, 0.1) is 18.9 Å². The lowest BCUT2D eigenvalue weighted by Gasteiger charge is -2.17. The molecule has 1 fully saturated rings. The Kier molecular flexibility index (Phi) is 4.17. The maximum atomic E-state index is 8.61. The first-order valence-electron chi connectivity index (χ1n) is 10.3. The number of aryl methyl sites for hydroxylation is 1. The molecule has 1 aromatic heterocycles. The predicted molar refractivity (Wildman–Crippen MR) is 112 cm³/mol. The summed E-state index contributed by atoms with van der Waals surface area (Å²) in [4.78, 5) is 3.57. The molecule has 0 aliphatic heterocycles. The van der Waals surface area contributed by atoms with Crippen LogP contribution in [0.1, 0.15) is 55.4 Å². The first-order valence-corrected chi connectivity index (χ1v) is 9.84. The Labute approximate surface area is 163 Å². The van der Waals surface area contributed by atoms with Crippen LogP contribution in [0.2, 0.25) is 0 Å². The van der Waals surface area contributed by atoms with E-state index < -0.39 is 0 Å². The van der Waals surface area contributed by atoms with Gasteiger partial charge in [-0.15, -0.1) is 0 Å². The standard InChI is InChI=1S/C25H27N2/c1-16-12-20(19-8-6-7-9-19)15-24(18(16)3)25-23-11-10-22(26-4)14-21(23)13-17(2)27(25)5/h10-15,19H,6-9H2,1-3,5H3/q+1/i13D. The van der Waals surface area contributed by atoms with E-state index in [1.165, 1.54) is 47.9 Å². The third kappa shape index (κ3) is 3.02. The molecule has 1 saturated carbocycles. The predicted octanol–water partition coefficient (Wildman–Crippen LogP) is 6.46. The van der Waals surface area contributed by atoms with Crippen molar-refractivity contribution in [2.45, 2.75) is 52.4 Å². The highest BCUT2D eigenvalue weighted by Crippen LogP contribution is 2.39. The molecule has 0 atom stereocenters. The Bertz CT molecular complexity index is 1130. The summed E-state index contributed by atoms with van der Waals surface area (Å²) in [7, 11) is 2.06. The number of nitrogens with zero attached hydrogens (tertiary/aromatic N) is 2. The number of benzene rings is 2. The van der Waals surface area contributed by atoms with Crippen LogP contribution in [0.4, 0.5) is 5.69 Å². The highest BCUT2D eigenvalue weighted by atomic mass is 14.9. The van der Waals surface area contributed by atoms with Crippen LogP contribution < -0.4 is 4.57 Å². The fourth-order valence-corrected chi connectivity index (χ4v) is 4.49. The quantitative estimate of drug-likeness (QED) is 0.367. The van der Waals surface area contributed by atoms with E-state index in [0.29, 0.717) is 17.6 Å². The molecule has 0 bridgehead atoms. The van der Waals surface area contributed by atoms with Gasteiger partial charge < -0.3 is 0 Å². The number of hydrogen-bond donors (Lipinski definition) is 0. The van der Waals surface area contributed by atoms with E-state index in [1.807, 2.05) is 25.1 Å². The molecule has 1 heterocycles. The summed E-state index contributed by atoms with van der Waals surface area (Å²) in [5.41, 5.74) is 8.01. The van der Waals surface area contributed by atoms with E-state index in [9.17, 15) is 0 Å². The molecular formula is C25H27N2+. The Morgan fingerprint density at radius 1 is 1.11 bits per heavy atom. The third-order valence-electron chi connectivity index (χ3n) is 6.31. The average molecular weight is 357 g/mol. The van der Waals surface area contributed by atoms with Crippen molar-refractivity contribution in [3.8, 4) is 11.3 Å². The van der Waals surface area contributed by atoms with Crippen molar-refractivity contribution in [3.63, 3.8) is 0 Å². The number of fused-ring (bicyclic) bond motifs is 1. The zero-order chi connectivity index (χ0) is 20.0. The van der Waals surface area contributed by atoms with Crippen molar-refractivity contribution < 1.29 is 5.94 Å². The normalized spacial score (nSPS) is 15.1. The van der Waals surface area contributed by atoms with Crippen LogP contribution in [0.15, 0.2) is 36.4 Å². The summed E-state index contributed by atoms with van der Waals surface area (Å²) in [5.74, 6) is 0.667. The van der Waals surface area contributed by atoms with Gasteiger partial charge in [0, 0.05) is 13.0 Å². The van der Waals surface area contributed by atoms with Gasteiger partial charge in [0.25, 0.3) is 0 Å². The molecule has 2 nitrogen and oxygen atoms in total. The van der Waals surface area contributed by atoms with Crippen molar-refractivity contribution in [1.82, 2.24) is 0 Å². The minimum Gasteiger partial charge on any atom is -0.238 e. The van der Waals surface area contributed by atoms with Gasteiger partial charge in [0.15, 0.2) is 11.4 Å². The fraction of sp³-hybridized carbons (Fsp3) is 0.360. The van der Waals surface area contributed by atoms with Crippen LogP contribution in [0.5, 0.6) is 0 Å². The smallest absolute Gasteiger partial charge is 0.220 e. The second-order valence-corrected chi connectivity index (χ2v) is 7.95. The molecule has 3 aromatic rings. The van der Waals surface area contributed by atoms with Crippen LogP contribution in [0.25, 0.3) is 26.9 Å². The molecule has 0 N–H and O–H groups in total. The van der Waals surface area contributed by atoms with Crippen molar-refractivity contribution in [1.29, 1.82) is 0 Å². The van der Waals surface area contributed by atoms with Gasteiger partial charge in [-0.3, -0.25) is 0 Å².